The zero-order valence-electron chi connectivity index (χ0n) is 17.3. The first-order chi connectivity index (χ1) is 15.3. The van der Waals surface area contributed by atoms with E-state index in [2.05, 4.69) is 10.6 Å². The minimum absolute atomic E-state index is 0.0940. The lowest BCUT2D eigenvalue weighted by atomic mass is 10.1. The Balaban J connectivity index is 1.81. The molecule has 2 amide bonds. The topological polar surface area (TPSA) is 128 Å². The van der Waals surface area contributed by atoms with Crippen molar-refractivity contribution in [3.8, 4) is 6.07 Å². The van der Waals surface area contributed by atoms with Gasteiger partial charge in [0.1, 0.15) is 5.69 Å². The largest absolute Gasteiger partial charge is 0.350 e. The number of nitrogens with one attached hydrogen (secondary N) is 2. The summed E-state index contributed by atoms with van der Waals surface area (Å²) < 4.78 is 0. The van der Waals surface area contributed by atoms with Crippen LogP contribution in [0.3, 0.4) is 0 Å². The van der Waals surface area contributed by atoms with E-state index in [9.17, 15) is 19.7 Å². The van der Waals surface area contributed by atoms with Crippen LogP contribution in [0.1, 0.15) is 26.3 Å². The first-order valence-corrected chi connectivity index (χ1v) is 9.47. The van der Waals surface area contributed by atoms with E-state index in [1.165, 1.54) is 29.2 Å². The predicted octanol–water partition coefficient (Wildman–Crippen LogP) is 4.16. The monoisotopic (exact) mass is 429 g/mol. The maximum absolute atomic E-state index is 12.5. The zero-order valence-corrected chi connectivity index (χ0v) is 17.3. The summed E-state index contributed by atoms with van der Waals surface area (Å²) in [5, 5.41) is 26.1. The Kier molecular flexibility index (Phi) is 6.46. The molecule has 3 aromatic carbocycles. The molecule has 0 bridgehead atoms. The summed E-state index contributed by atoms with van der Waals surface area (Å²) in [6.07, 6.45) is 0. The maximum Gasteiger partial charge on any atom is 0.293 e. The number of amides is 2. The molecule has 0 saturated carbocycles. The standard InChI is InChI=1S/C23H19N5O4/c1-27(2)23(30)16-6-9-18(10-7-16)25-20-11-8-17(13-21(20)28(31)32)22(29)26-19-5-3-4-15(12-19)14-24/h3-13,25H,1-2H3,(H,26,29). The Labute approximate surface area is 184 Å². The van der Waals surface area contributed by atoms with Crippen LogP contribution in [0.4, 0.5) is 22.7 Å². The molecule has 32 heavy (non-hydrogen) atoms. The SMILES string of the molecule is CN(C)C(=O)c1ccc(Nc2ccc(C(=O)Nc3cccc(C#N)c3)cc2[N+](=O)[O-])cc1. The highest BCUT2D eigenvalue weighted by atomic mass is 16.6. The molecular formula is C23H19N5O4. The smallest absolute Gasteiger partial charge is 0.293 e. The fourth-order valence-corrected chi connectivity index (χ4v) is 2.91. The number of hydrogen-bond acceptors (Lipinski definition) is 6. The summed E-state index contributed by atoms with van der Waals surface area (Å²) in [4.78, 5) is 37.0. The van der Waals surface area contributed by atoms with Gasteiger partial charge in [0, 0.05) is 42.7 Å². The number of nitriles is 1. The molecule has 0 saturated heterocycles. The number of rotatable bonds is 6. The van der Waals surface area contributed by atoms with E-state index in [-0.39, 0.29) is 22.8 Å². The van der Waals surface area contributed by atoms with Crippen LogP contribution in [0.2, 0.25) is 0 Å². The summed E-state index contributed by atoms with van der Waals surface area (Å²) in [5.41, 5.74) is 1.84. The van der Waals surface area contributed by atoms with Gasteiger partial charge in [-0.1, -0.05) is 6.07 Å². The minimum atomic E-state index is -0.584. The third-order valence-electron chi connectivity index (χ3n) is 4.52. The third kappa shape index (κ3) is 5.06. The molecule has 3 aromatic rings. The van der Waals surface area contributed by atoms with Gasteiger partial charge in [-0.2, -0.15) is 5.26 Å². The highest BCUT2D eigenvalue weighted by Gasteiger charge is 2.18. The van der Waals surface area contributed by atoms with E-state index in [1.807, 2.05) is 6.07 Å². The minimum Gasteiger partial charge on any atom is -0.350 e. The van der Waals surface area contributed by atoms with Crippen LogP contribution >= 0.6 is 0 Å². The number of nitro benzene ring substituents is 1. The van der Waals surface area contributed by atoms with Crippen molar-refractivity contribution in [3.63, 3.8) is 0 Å². The quantitative estimate of drug-likeness (QED) is 0.447. The summed E-state index contributed by atoms with van der Waals surface area (Å²) in [5.74, 6) is -0.695. The number of anilines is 3. The summed E-state index contributed by atoms with van der Waals surface area (Å²) in [6.45, 7) is 0. The van der Waals surface area contributed by atoms with Crippen LogP contribution in [-0.4, -0.2) is 35.7 Å². The molecule has 0 fully saturated rings. The lowest BCUT2D eigenvalue weighted by Gasteiger charge is -2.12. The van der Waals surface area contributed by atoms with Crippen molar-refractivity contribution in [1.29, 1.82) is 5.26 Å². The Morgan fingerprint density at radius 2 is 1.66 bits per heavy atom. The molecule has 9 nitrogen and oxygen atoms in total. The van der Waals surface area contributed by atoms with Crippen LogP contribution < -0.4 is 10.6 Å². The summed E-state index contributed by atoms with van der Waals surface area (Å²) >= 11 is 0. The number of hydrogen-bond donors (Lipinski definition) is 2. The van der Waals surface area contributed by atoms with Crippen LogP contribution in [0.25, 0.3) is 0 Å². The Morgan fingerprint density at radius 3 is 2.28 bits per heavy atom. The van der Waals surface area contributed by atoms with Gasteiger partial charge in [0.05, 0.1) is 16.6 Å². The Morgan fingerprint density at radius 1 is 0.969 bits per heavy atom. The molecule has 0 aromatic heterocycles. The molecule has 160 valence electrons. The van der Waals surface area contributed by atoms with Crippen molar-refractivity contribution in [2.24, 2.45) is 0 Å². The summed E-state index contributed by atoms with van der Waals surface area (Å²) in [6, 6.07) is 18.9. The van der Waals surface area contributed by atoms with Crippen molar-refractivity contribution in [3.05, 3.63) is 93.5 Å². The number of carbonyl (C=O) groups excluding carboxylic acids is 2. The number of carbonyl (C=O) groups is 2. The zero-order chi connectivity index (χ0) is 23.3. The van der Waals surface area contributed by atoms with Gasteiger partial charge in [0.25, 0.3) is 17.5 Å². The molecule has 9 heteroatoms. The number of nitro groups is 1. The second kappa shape index (κ2) is 9.40. The molecule has 0 heterocycles. The average Bonchev–Trinajstić information content (AvgIpc) is 2.79. The fraction of sp³-hybridized carbons (Fsp3) is 0.0870. The van der Waals surface area contributed by atoms with E-state index >= 15 is 0 Å². The molecule has 2 N–H and O–H groups in total. The summed E-state index contributed by atoms with van der Waals surface area (Å²) in [7, 11) is 3.30. The van der Waals surface area contributed by atoms with E-state index < -0.39 is 10.8 Å². The van der Waals surface area contributed by atoms with Gasteiger partial charge in [-0.15, -0.1) is 0 Å². The molecule has 0 aliphatic heterocycles. The first kappa shape index (κ1) is 22.0. The van der Waals surface area contributed by atoms with E-state index in [1.54, 1.807) is 56.6 Å². The average molecular weight is 429 g/mol. The van der Waals surface area contributed by atoms with Crippen molar-refractivity contribution in [1.82, 2.24) is 4.90 Å². The molecular weight excluding hydrogens is 410 g/mol. The van der Waals surface area contributed by atoms with Gasteiger partial charge in [0.15, 0.2) is 0 Å². The van der Waals surface area contributed by atoms with Crippen molar-refractivity contribution in [2.45, 2.75) is 0 Å². The van der Waals surface area contributed by atoms with Gasteiger partial charge in [-0.3, -0.25) is 19.7 Å². The highest BCUT2D eigenvalue weighted by molar-refractivity contribution is 6.05. The molecule has 0 atom stereocenters. The van der Waals surface area contributed by atoms with Crippen molar-refractivity contribution >= 4 is 34.6 Å². The normalized spacial score (nSPS) is 10.0. The van der Waals surface area contributed by atoms with Gasteiger partial charge in [0.2, 0.25) is 0 Å². The van der Waals surface area contributed by atoms with Crippen LogP contribution in [0, 0.1) is 21.4 Å². The van der Waals surface area contributed by atoms with Crippen LogP contribution in [0.15, 0.2) is 66.7 Å². The maximum atomic E-state index is 12.5. The Hall–Kier alpha value is -4.71. The van der Waals surface area contributed by atoms with Gasteiger partial charge in [-0.25, -0.2) is 0 Å². The van der Waals surface area contributed by atoms with E-state index in [0.29, 0.717) is 22.5 Å². The Bertz CT molecular complexity index is 1230. The number of nitrogens with zero attached hydrogens (tertiary/aromatic N) is 3. The van der Waals surface area contributed by atoms with Crippen molar-refractivity contribution < 1.29 is 14.5 Å². The van der Waals surface area contributed by atoms with Gasteiger partial charge in [-0.05, 0) is 54.6 Å². The third-order valence-corrected chi connectivity index (χ3v) is 4.52. The highest BCUT2D eigenvalue weighted by Crippen LogP contribution is 2.29. The van der Waals surface area contributed by atoms with E-state index in [4.69, 9.17) is 5.26 Å². The fourth-order valence-electron chi connectivity index (χ4n) is 2.91. The molecule has 0 unspecified atom stereocenters. The molecule has 0 aliphatic carbocycles. The predicted molar refractivity (Wildman–Crippen MR) is 120 cm³/mol. The molecule has 3 rings (SSSR count). The van der Waals surface area contributed by atoms with E-state index in [0.717, 1.165) is 0 Å². The lowest BCUT2D eigenvalue weighted by molar-refractivity contribution is -0.383. The first-order valence-electron chi connectivity index (χ1n) is 9.47. The van der Waals surface area contributed by atoms with Gasteiger partial charge < -0.3 is 15.5 Å². The molecule has 0 radical (unpaired) electrons. The lowest BCUT2D eigenvalue weighted by Crippen LogP contribution is -2.21. The second-order valence-electron chi connectivity index (χ2n) is 7.04. The molecule has 0 aliphatic rings. The second-order valence-corrected chi connectivity index (χ2v) is 7.04. The van der Waals surface area contributed by atoms with Gasteiger partial charge >= 0.3 is 0 Å². The van der Waals surface area contributed by atoms with Crippen LogP contribution in [-0.2, 0) is 0 Å². The number of benzene rings is 3. The van der Waals surface area contributed by atoms with Crippen molar-refractivity contribution in [2.75, 3.05) is 24.7 Å². The molecule has 0 spiro atoms. The van der Waals surface area contributed by atoms with Crippen LogP contribution in [0.5, 0.6) is 0 Å².